The topological polar surface area (TPSA) is 32.3 Å². The van der Waals surface area contributed by atoms with E-state index in [0.717, 1.165) is 17.8 Å². The maximum Gasteiger partial charge on any atom is 0.246 e. The lowest BCUT2D eigenvalue weighted by molar-refractivity contribution is -0.116. The molecular formula is C11H14N2O. The SMILES string of the molecule is CCc1ccc2c(c1)N(C)C(=O)CN2. The third kappa shape index (κ3) is 1.35. The molecule has 1 aromatic rings. The molecule has 3 nitrogen and oxygen atoms in total. The lowest BCUT2D eigenvalue weighted by atomic mass is 10.1. The second-order valence-corrected chi connectivity index (χ2v) is 3.51. The van der Waals surface area contributed by atoms with Gasteiger partial charge < -0.3 is 10.2 Å². The van der Waals surface area contributed by atoms with Gasteiger partial charge in [0.15, 0.2) is 0 Å². The molecule has 74 valence electrons. The summed E-state index contributed by atoms with van der Waals surface area (Å²) in [5.74, 6) is 0.116. The summed E-state index contributed by atoms with van der Waals surface area (Å²) < 4.78 is 0. The smallest absolute Gasteiger partial charge is 0.246 e. The number of benzene rings is 1. The minimum atomic E-state index is 0.116. The first kappa shape index (κ1) is 9.06. The average molecular weight is 190 g/mol. The molecule has 1 aromatic carbocycles. The van der Waals surface area contributed by atoms with Crippen molar-refractivity contribution >= 4 is 17.3 Å². The average Bonchev–Trinajstić information content (AvgIpc) is 2.23. The number of hydrogen-bond donors (Lipinski definition) is 1. The fourth-order valence-corrected chi connectivity index (χ4v) is 1.65. The van der Waals surface area contributed by atoms with Gasteiger partial charge in [-0.1, -0.05) is 13.0 Å². The number of amides is 1. The van der Waals surface area contributed by atoms with Crippen LogP contribution in [0.2, 0.25) is 0 Å². The first-order valence-electron chi connectivity index (χ1n) is 4.85. The van der Waals surface area contributed by atoms with Crippen molar-refractivity contribution in [3.8, 4) is 0 Å². The summed E-state index contributed by atoms with van der Waals surface area (Å²) in [7, 11) is 1.82. The third-order valence-electron chi connectivity index (χ3n) is 2.64. The Morgan fingerprint density at radius 2 is 2.29 bits per heavy atom. The zero-order valence-electron chi connectivity index (χ0n) is 8.50. The molecule has 1 N–H and O–H groups in total. The zero-order chi connectivity index (χ0) is 10.1. The van der Waals surface area contributed by atoms with Crippen molar-refractivity contribution in [2.45, 2.75) is 13.3 Å². The molecule has 2 rings (SSSR count). The number of hydrogen-bond acceptors (Lipinski definition) is 2. The molecule has 1 amide bonds. The summed E-state index contributed by atoms with van der Waals surface area (Å²) in [6, 6.07) is 6.20. The molecular weight excluding hydrogens is 176 g/mol. The van der Waals surface area contributed by atoms with Crippen molar-refractivity contribution < 1.29 is 4.79 Å². The van der Waals surface area contributed by atoms with Gasteiger partial charge in [-0.05, 0) is 24.1 Å². The van der Waals surface area contributed by atoms with E-state index in [1.54, 1.807) is 4.90 Å². The van der Waals surface area contributed by atoms with Gasteiger partial charge in [0.05, 0.1) is 17.9 Å². The van der Waals surface area contributed by atoms with E-state index in [4.69, 9.17) is 0 Å². The predicted molar refractivity (Wildman–Crippen MR) is 57.7 cm³/mol. The number of fused-ring (bicyclic) bond motifs is 1. The number of rotatable bonds is 1. The van der Waals surface area contributed by atoms with Gasteiger partial charge >= 0.3 is 0 Å². The molecule has 0 saturated carbocycles. The Morgan fingerprint density at radius 3 is 3.00 bits per heavy atom. The van der Waals surface area contributed by atoms with E-state index in [1.165, 1.54) is 5.56 Å². The summed E-state index contributed by atoms with van der Waals surface area (Å²) in [5, 5.41) is 3.10. The highest BCUT2D eigenvalue weighted by atomic mass is 16.2. The highest BCUT2D eigenvalue weighted by Gasteiger charge is 2.19. The van der Waals surface area contributed by atoms with E-state index in [2.05, 4.69) is 24.4 Å². The molecule has 0 atom stereocenters. The molecule has 1 aliphatic heterocycles. The van der Waals surface area contributed by atoms with Crippen LogP contribution in [-0.4, -0.2) is 19.5 Å². The lowest BCUT2D eigenvalue weighted by Crippen LogP contribution is -2.36. The van der Waals surface area contributed by atoms with Gasteiger partial charge in [0.1, 0.15) is 0 Å². The van der Waals surface area contributed by atoms with Crippen LogP contribution in [0.1, 0.15) is 12.5 Å². The van der Waals surface area contributed by atoms with Crippen LogP contribution in [0.5, 0.6) is 0 Å². The zero-order valence-corrected chi connectivity index (χ0v) is 8.50. The van der Waals surface area contributed by atoms with Crippen LogP contribution >= 0.6 is 0 Å². The summed E-state index contributed by atoms with van der Waals surface area (Å²) in [4.78, 5) is 13.1. The number of carbonyl (C=O) groups excluding carboxylic acids is 1. The van der Waals surface area contributed by atoms with Crippen LogP contribution < -0.4 is 10.2 Å². The Kier molecular flexibility index (Phi) is 2.15. The normalized spacial score (nSPS) is 15.0. The van der Waals surface area contributed by atoms with Crippen LogP contribution in [0.25, 0.3) is 0 Å². The molecule has 0 saturated heterocycles. The number of nitrogens with one attached hydrogen (secondary N) is 1. The third-order valence-corrected chi connectivity index (χ3v) is 2.64. The molecule has 0 aromatic heterocycles. The summed E-state index contributed by atoms with van der Waals surface area (Å²) >= 11 is 0. The molecule has 0 unspecified atom stereocenters. The van der Waals surface area contributed by atoms with Crippen molar-refractivity contribution in [2.24, 2.45) is 0 Å². The van der Waals surface area contributed by atoms with Gasteiger partial charge in [-0.15, -0.1) is 0 Å². The largest absolute Gasteiger partial charge is 0.374 e. The van der Waals surface area contributed by atoms with Gasteiger partial charge in [-0.2, -0.15) is 0 Å². The number of aryl methyl sites for hydroxylation is 1. The Labute approximate surface area is 83.7 Å². The van der Waals surface area contributed by atoms with Gasteiger partial charge in [-0.25, -0.2) is 0 Å². The highest BCUT2D eigenvalue weighted by molar-refractivity contribution is 6.02. The molecule has 1 aliphatic rings. The number of carbonyl (C=O) groups is 1. The van der Waals surface area contributed by atoms with Crippen molar-refractivity contribution in [1.29, 1.82) is 0 Å². The lowest BCUT2D eigenvalue weighted by Gasteiger charge is -2.27. The molecule has 0 fully saturated rings. The van der Waals surface area contributed by atoms with E-state index >= 15 is 0 Å². The van der Waals surface area contributed by atoms with E-state index in [9.17, 15) is 4.79 Å². The van der Waals surface area contributed by atoms with Crippen LogP contribution in [0, 0.1) is 0 Å². The van der Waals surface area contributed by atoms with Crippen LogP contribution in [-0.2, 0) is 11.2 Å². The molecule has 0 bridgehead atoms. The van der Waals surface area contributed by atoms with Crippen molar-refractivity contribution in [1.82, 2.24) is 0 Å². The van der Waals surface area contributed by atoms with E-state index in [0.29, 0.717) is 6.54 Å². The summed E-state index contributed by atoms with van der Waals surface area (Å²) in [5.41, 5.74) is 3.29. The van der Waals surface area contributed by atoms with Gasteiger partial charge in [0.25, 0.3) is 0 Å². The summed E-state index contributed by atoms with van der Waals surface area (Å²) in [6.07, 6.45) is 0.995. The van der Waals surface area contributed by atoms with Crippen LogP contribution in [0.3, 0.4) is 0 Å². The highest BCUT2D eigenvalue weighted by Crippen LogP contribution is 2.29. The predicted octanol–water partition coefficient (Wildman–Crippen LogP) is 1.64. The quantitative estimate of drug-likeness (QED) is 0.730. The van der Waals surface area contributed by atoms with Gasteiger partial charge in [0, 0.05) is 7.05 Å². The molecule has 1 heterocycles. The molecule has 0 aliphatic carbocycles. The number of likely N-dealkylation sites (N-methyl/N-ethyl adjacent to an activating group) is 1. The molecule has 14 heavy (non-hydrogen) atoms. The van der Waals surface area contributed by atoms with Gasteiger partial charge in [0.2, 0.25) is 5.91 Å². The fourth-order valence-electron chi connectivity index (χ4n) is 1.65. The Balaban J connectivity index is 2.46. The van der Waals surface area contributed by atoms with E-state index in [1.807, 2.05) is 13.1 Å². The monoisotopic (exact) mass is 190 g/mol. The maximum atomic E-state index is 11.4. The molecule has 3 heteroatoms. The second-order valence-electron chi connectivity index (χ2n) is 3.51. The Hall–Kier alpha value is -1.51. The first-order chi connectivity index (χ1) is 6.72. The minimum absolute atomic E-state index is 0.116. The van der Waals surface area contributed by atoms with E-state index in [-0.39, 0.29) is 5.91 Å². The van der Waals surface area contributed by atoms with E-state index < -0.39 is 0 Å². The van der Waals surface area contributed by atoms with Crippen molar-refractivity contribution in [3.63, 3.8) is 0 Å². The standard InChI is InChI=1S/C11H14N2O/c1-3-8-4-5-9-10(6-8)13(2)11(14)7-12-9/h4-6,12H,3,7H2,1-2H3. The van der Waals surface area contributed by atoms with Gasteiger partial charge in [-0.3, -0.25) is 4.79 Å². The molecule has 0 spiro atoms. The van der Waals surface area contributed by atoms with Crippen LogP contribution in [0.4, 0.5) is 11.4 Å². The summed E-state index contributed by atoms with van der Waals surface area (Å²) in [6.45, 7) is 2.51. The molecule has 0 radical (unpaired) electrons. The fraction of sp³-hybridized carbons (Fsp3) is 0.364. The van der Waals surface area contributed by atoms with Crippen molar-refractivity contribution in [3.05, 3.63) is 23.8 Å². The minimum Gasteiger partial charge on any atom is -0.374 e. The Bertz CT molecular complexity index is 374. The van der Waals surface area contributed by atoms with Crippen LogP contribution in [0.15, 0.2) is 18.2 Å². The maximum absolute atomic E-state index is 11.4. The first-order valence-corrected chi connectivity index (χ1v) is 4.85. The van der Waals surface area contributed by atoms with Crippen molar-refractivity contribution in [2.75, 3.05) is 23.8 Å². The Morgan fingerprint density at radius 1 is 1.50 bits per heavy atom. The number of anilines is 2. The number of nitrogens with zero attached hydrogens (tertiary/aromatic N) is 1. The second kappa shape index (κ2) is 3.33.